The van der Waals surface area contributed by atoms with Crippen LogP contribution < -0.4 is 15.4 Å². The maximum absolute atomic E-state index is 12.1. The highest BCUT2D eigenvalue weighted by atomic mass is 16.5. The molecule has 0 unspecified atom stereocenters. The second-order valence-corrected chi connectivity index (χ2v) is 7.57. The van der Waals surface area contributed by atoms with Crippen LogP contribution in [0.3, 0.4) is 0 Å². The smallest absolute Gasteiger partial charge is 0.315 e. The quantitative estimate of drug-likeness (QED) is 0.764. The van der Waals surface area contributed by atoms with Gasteiger partial charge in [0.05, 0.1) is 7.11 Å². The summed E-state index contributed by atoms with van der Waals surface area (Å²) < 4.78 is 10.8. The van der Waals surface area contributed by atoms with Crippen LogP contribution in [0.5, 0.6) is 5.75 Å². The van der Waals surface area contributed by atoms with Crippen molar-refractivity contribution in [2.75, 3.05) is 26.7 Å². The fourth-order valence-corrected chi connectivity index (χ4v) is 3.66. The highest BCUT2D eigenvalue weighted by molar-refractivity contribution is 5.73. The Hall–Kier alpha value is -2.47. The van der Waals surface area contributed by atoms with Crippen LogP contribution in [-0.4, -0.2) is 37.7 Å². The maximum atomic E-state index is 12.1. The molecule has 2 amide bonds. The van der Waals surface area contributed by atoms with Crippen LogP contribution >= 0.6 is 0 Å². The minimum atomic E-state index is -0.109. The summed E-state index contributed by atoms with van der Waals surface area (Å²) >= 11 is 0. The monoisotopic (exact) mass is 385 g/mol. The van der Waals surface area contributed by atoms with Crippen molar-refractivity contribution >= 4 is 6.03 Å². The molecule has 1 aromatic carbocycles. The van der Waals surface area contributed by atoms with Gasteiger partial charge in [-0.15, -0.1) is 0 Å². The van der Waals surface area contributed by atoms with Crippen molar-refractivity contribution in [1.82, 2.24) is 15.5 Å². The van der Waals surface area contributed by atoms with E-state index < -0.39 is 0 Å². The highest BCUT2D eigenvalue weighted by Gasteiger charge is 2.20. The topological polar surface area (TPSA) is 66.7 Å². The number of hydrogen-bond acceptors (Lipinski definition) is 4. The summed E-state index contributed by atoms with van der Waals surface area (Å²) in [5.74, 6) is 3.36. The van der Waals surface area contributed by atoms with Gasteiger partial charge in [0.1, 0.15) is 17.3 Å². The summed E-state index contributed by atoms with van der Waals surface area (Å²) in [5, 5.41) is 5.93. The van der Waals surface area contributed by atoms with Crippen LogP contribution in [0.25, 0.3) is 0 Å². The lowest BCUT2D eigenvalue weighted by Crippen LogP contribution is -2.41. The number of furan rings is 1. The molecule has 1 fully saturated rings. The van der Waals surface area contributed by atoms with Gasteiger partial charge in [0.15, 0.2) is 0 Å². The average molecular weight is 386 g/mol. The summed E-state index contributed by atoms with van der Waals surface area (Å²) in [6.07, 6.45) is 2.21. The van der Waals surface area contributed by atoms with E-state index >= 15 is 0 Å². The molecule has 2 N–H and O–H groups in total. The number of urea groups is 1. The molecule has 28 heavy (non-hydrogen) atoms. The number of hydrogen-bond donors (Lipinski definition) is 2. The van der Waals surface area contributed by atoms with Crippen LogP contribution in [0.4, 0.5) is 4.79 Å². The number of aryl methyl sites for hydroxylation is 2. The van der Waals surface area contributed by atoms with Crippen LogP contribution in [0, 0.1) is 19.8 Å². The molecule has 1 aromatic heterocycles. The Labute approximate surface area is 167 Å². The lowest BCUT2D eigenvalue weighted by Gasteiger charge is -2.31. The summed E-state index contributed by atoms with van der Waals surface area (Å²) in [5.41, 5.74) is 2.33. The Morgan fingerprint density at radius 1 is 1.18 bits per heavy atom. The number of rotatable bonds is 7. The molecule has 0 bridgehead atoms. The summed E-state index contributed by atoms with van der Waals surface area (Å²) in [7, 11) is 1.64. The number of amides is 2. The number of nitrogens with one attached hydrogen (secondary N) is 2. The number of ether oxygens (including phenoxy) is 1. The Morgan fingerprint density at radius 3 is 2.50 bits per heavy atom. The number of carbonyl (C=O) groups excluding carboxylic acids is 1. The summed E-state index contributed by atoms with van der Waals surface area (Å²) in [4.78, 5) is 14.5. The van der Waals surface area contributed by atoms with Crippen LogP contribution in [0.1, 0.15) is 35.5 Å². The normalized spacial score (nSPS) is 15.4. The largest absolute Gasteiger partial charge is 0.497 e. The number of likely N-dealkylation sites (tertiary alicyclic amines) is 1. The fourth-order valence-electron chi connectivity index (χ4n) is 3.66. The Morgan fingerprint density at radius 2 is 1.89 bits per heavy atom. The van der Waals surface area contributed by atoms with Gasteiger partial charge in [0.2, 0.25) is 0 Å². The van der Waals surface area contributed by atoms with E-state index in [1.165, 1.54) is 5.56 Å². The molecule has 0 spiro atoms. The Kier molecular flexibility index (Phi) is 6.98. The first-order valence-electron chi connectivity index (χ1n) is 9.96. The molecule has 0 saturated carbocycles. The number of methoxy groups -OCH3 is 1. The van der Waals surface area contributed by atoms with E-state index in [1.54, 1.807) is 7.11 Å². The minimum absolute atomic E-state index is 0.109. The highest BCUT2D eigenvalue weighted by Crippen LogP contribution is 2.21. The van der Waals surface area contributed by atoms with Gasteiger partial charge in [-0.2, -0.15) is 0 Å². The Bertz CT molecular complexity index is 762. The molecular formula is C22H31N3O3. The fraction of sp³-hybridized carbons (Fsp3) is 0.500. The molecule has 2 aromatic rings. The van der Waals surface area contributed by atoms with Crippen LogP contribution in [0.2, 0.25) is 0 Å². The molecular weight excluding hydrogens is 354 g/mol. The van der Waals surface area contributed by atoms with E-state index in [-0.39, 0.29) is 6.03 Å². The number of piperidine rings is 1. The van der Waals surface area contributed by atoms with Crippen molar-refractivity contribution in [1.29, 1.82) is 0 Å². The third-order valence-corrected chi connectivity index (χ3v) is 5.41. The van der Waals surface area contributed by atoms with E-state index in [1.807, 2.05) is 38.1 Å². The SMILES string of the molecule is COc1ccc(CNC(=O)NCC2CCN(Cc3cc(C)oc3C)CC2)cc1. The third kappa shape index (κ3) is 5.76. The van der Waals surface area contributed by atoms with E-state index in [0.29, 0.717) is 12.5 Å². The van der Waals surface area contributed by atoms with Crippen LogP contribution in [0.15, 0.2) is 34.7 Å². The second-order valence-electron chi connectivity index (χ2n) is 7.57. The Balaban J connectivity index is 1.33. The first kappa shape index (κ1) is 20.3. The van der Waals surface area contributed by atoms with Crippen molar-refractivity contribution in [2.24, 2.45) is 5.92 Å². The molecule has 1 saturated heterocycles. The zero-order valence-electron chi connectivity index (χ0n) is 17.1. The molecule has 152 valence electrons. The van der Waals surface area contributed by atoms with Gasteiger partial charge in [0.25, 0.3) is 0 Å². The maximum Gasteiger partial charge on any atom is 0.315 e. The van der Waals surface area contributed by atoms with Gasteiger partial charge < -0.3 is 19.8 Å². The number of carbonyl (C=O) groups is 1. The molecule has 0 radical (unpaired) electrons. The zero-order chi connectivity index (χ0) is 19.9. The molecule has 0 atom stereocenters. The van der Waals surface area contributed by atoms with E-state index in [2.05, 4.69) is 21.6 Å². The first-order valence-corrected chi connectivity index (χ1v) is 9.96. The van der Waals surface area contributed by atoms with Crippen LogP contribution in [-0.2, 0) is 13.1 Å². The summed E-state index contributed by atoms with van der Waals surface area (Å²) in [6.45, 7) is 8.33. The van der Waals surface area contributed by atoms with Crippen molar-refractivity contribution in [3.05, 3.63) is 53.0 Å². The van der Waals surface area contributed by atoms with E-state index in [0.717, 1.165) is 61.9 Å². The molecule has 1 aliphatic heterocycles. The number of nitrogens with zero attached hydrogens (tertiary/aromatic N) is 1. The standard InChI is InChI=1S/C22H31N3O3/c1-16-12-20(17(2)28-16)15-25-10-8-19(9-11-25)14-24-22(26)23-13-18-4-6-21(27-3)7-5-18/h4-7,12,19H,8-11,13-15H2,1-3H3,(H2,23,24,26). The molecule has 1 aliphatic rings. The molecule has 6 heteroatoms. The predicted molar refractivity (Wildman–Crippen MR) is 109 cm³/mol. The third-order valence-electron chi connectivity index (χ3n) is 5.41. The van der Waals surface area contributed by atoms with E-state index in [9.17, 15) is 4.79 Å². The molecule has 3 rings (SSSR count). The minimum Gasteiger partial charge on any atom is -0.497 e. The van der Waals surface area contributed by atoms with Gasteiger partial charge in [-0.05, 0) is 69.5 Å². The molecule has 0 aliphatic carbocycles. The summed E-state index contributed by atoms with van der Waals surface area (Å²) in [6, 6.07) is 9.74. The van der Waals surface area contributed by atoms with Crippen molar-refractivity contribution in [3.63, 3.8) is 0 Å². The van der Waals surface area contributed by atoms with Gasteiger partial charge in [0, 0.05) is 25.2 Å². The average Bonchev–Trinajstić information content (AvgIpc) is 3.03. The number of benzene rings is 1. The lowest BCUT2D eigenvalue weighted by molar-refractivity contribution is 0.174. The molecule has 6 nitrogen and oxygen atoms in total. The first-order chi connectivity index (χ1) is 13.5. The zero-order valence-corrected chi connectivity index (χ0v) is 17.1. The molecule has 2 heterocycles. The predicted octanol–water partition coefficient (Wildman–Crippen LogP) is 3.62. The van der Waals surface area contributed by atoms with Gasteiger partial charge >= 0.3 is 6.03 Å². The van der Waals surface area contributed by atoms with Gasteiger partial charge in [-0.3, -0.25) is 4.90 Å². The van der Waals surface area contributed by atoms with Crippen molar-refractivity contribution < 1.29 is 13.9 Å². The van der Waals surface area contributed by atoms with Gasteiger partial charge in [-0.25, -0.2) is 4.79 Å². The van der Waals surface area contributed by atoms with Crippen molar-refractivity contribution in [3.8, 4) is 5.75 Å². The van der Waals surface area contributed by atoms with Crippen molar-refractivity contribution in [2.45, 2.75) is 39.8 Å². The van der Waals surface area contributed by atoms with E-state index in [4.69, 9.17) is 9.15 Å². The lowest BCUT2D eigenvalue weighted by atomic mass is 9.96. The van der Waals surface area contributed by atoms with Gasteiger partial charge in [-0.1, -0.05) is 12.1 Å². The second kappa shape index (κ2) is 9.64.